The number of nitrogens with zero attached hydrogens (tertiary/aromatic N) is 2. The van der Waals surface area contributed by atoms with Crippen molar-refractivity contribution in [2.75, 3.05) is 25.0 Å². The Morgan fingerprint density at radius 3 is 2.81 bits per heavy atom. The van der Waals surface area contributed by atoms with Crippen molar-refractivity contribution >= 4 is 29.8 Å². The molecule has 6 heteroatoms. The smallest absolute Gasteiger partial charge is 0.134 e. The largest absolute Gasteiger partial charge is 0.370 e. The molecule has 1 saturated heterocycles. The van der Waals surface area contributed by atoms with Crippen LogP contribution >= 0.6 is 24.0 Å². The van der Waals surface area contributed by atoms with Gasteiger partial charge in [-0.05, 0) is 31.8 Å². The first-order valence-electron chi connectivity index (χ1n) is 5.27. The molecule has 1 aliphatic heterocycles. The van der Waals surface area contributed by atoms with Gasteiger partial charge in [0.25, 0.3) is 0 Å². The zero-order valence-electron chi connectivity index (χ0n) is 8.95. The summed E-state index contributed by atoms with van der Waals surface area (Å²) in [4.78, 5) is 7.94. The zero-order chi connectivity index (χ0) is 10.5. The summed E-state index contributed by atoms with van der Waals surface area (Å²) >= 11 is 5.77. The van der Waals surface area contributed by atoms with Crippen LogP contribution in [0.15, 0.2) is 12.4 Å². The molecule has 1 aromatic heterocycles. The van der Waals surface area contributed by atoms with E-state index in [1.165, 1.54) is 19.2 Å². The van der Waals surface area contributed by atoms with Crippen LogP contribution in [0.4, 0.5) is 5.82 Å². The predicted octanol–water partition coefficient (Wildman–Crippen LogP) is 1.96. The maximum atomic E-state index is 5.77. The highest BCUT2D eigenvalue weighted by Gasteiger charge is 2.12. The molecule has 2 N–H and O–H groups in total. The molecule has 90 valence electrons. The van der Waals surface area contributed by atoms with Crippen LogP contribution < -0.4 is 10.6 Å². The van der Waals surface area contributed by atoms with Gasteiger partial charge in [-0.1, -0.05) is 11.6 Å². The lowest BCUT2D eigenvalue weighted by molar-refractivity contribution is 0.389. The Morgan fingerprint density at radius 2 is 2.12 bits per heavy atom. The quantitative estimate of drug-likeness (QED) is 0.818. The summed E-state index contributed by atoms with van der Waals surface area (Å²) in [5.41, 5.74) is 0. The lowest BCUT2D eigenvalue weighted by Crippen LogP contribution is -2.31. The molecule has 2 heterocycles. The van der Waals surface area contributed by atoms with Crippen molar-refractivity contribution in [3.8, 4) is 0 Å². The second-order valence-electron chi connectivity index (χ2n) is 3.80. The summed E-state index contributed by atoms with van der Waals surface area (Å²) in [6, 6.07) is 1.75. The molecule has 2 rings (SSSR count). The van der Waals surface area contributed by atoms with Crippen molar-refractivity contribution < 1.29 is 0 Å². The molecular formula is C10H16Cl2N4. The van der Waals surface area contributed by atoms with Crippen molar-refractivity contribution in [1.29, 1.82) is 0 Å². The van der Waals surface area contributed by atoms with Crippen LogP contribution in [0.1, 0.15) is 12.8 Å². The first-order valence-corrected chi connectivity index (χ1v) is 5.64. The fraction of sp³-hybridized carbons (Fsp3) is 0.600. The maximum Gasteiger partial charge on any atom is 0.134 e. The van der Waals surface area contributed by atoms with Crippen molar-refractivity contribution in [3.05, 3.63) is 17.5 Å². The molecule has 16 heavy (non-hydrogen) atoms. The number of hydrogen-bond donors (Lipinski definition) is 2. The van der Waals surface area contributed by atoms with Gasteiger partial charge in [-0.3, -0.25) is 0 Å². The summed E-state index contributed by atoms with van der Waals surface area (Å²) in [7, 11) is 0. The Balaban J connectivity index is 0.00000128. The standard InChI is InChI=1S/C10H15ClN4.ClH/c11-9-5-10(15-7-14-9)13-6-8-1-3-12-4-2-8;/h5,7-8,12H,1-4,6H2,(H,13,14,15);1H. The van der Waals surface area contributed by atoms with Gasteiger partial charge in [0, 0.05) is 12.6 Å². The minimum absolute atomic E-state index is 0. The van der Waals surface area contributed by atoms with Crippen LogP contribution in [0, 0.1) is 5.92 Å². The van der Waals surface area contributed by atoms with Crippen LogP contribution in [0.25, 0.3) is 0 Å². The number of halogens is 2. The van der Waals surface area contributed by atoms with Crippen molar-refractivity contribution in [2.45, 2.75) is 12.8 Å². The fourth-order valence-electron chi connectivity index (χ4n) is 1.76. The molecule has 0 spiro atoms. The lowest BCUT2D eigenvalue weighted by atomic mass is 9.98. The fourth-order valence-corrected chi connectivity index (χ4v) is 1.91. The van der Waals surface area contributed by atoms with Crippen LogP contribution in [-0.4, -0.2) is 29.6 Å². The molecule has 0 radical (unpaired) electrons. The molecule has 1 fully saturated rings. The summed E-state index contributed by atoms with van der Waals surface area (Å²) < 4.78 is 0. The highest BCUT2D eigenvalue weighted by atomic mass is 35.5. The van der Waals surface area contributed by atoms with Gasteiger partial charge in [0.15, 0.2) is 0 Å². The Morgan fingerprint density at radius 1 is 1.38 bits per heavy atom. The second kappa shape index (κ2) is 6.89. The third-order valence-electron chi connectivity index (χ3n) is 2.66. The molecule has 0 unspecified atom stereocenters. The Hall–Kier alpha value is -0.580. The van der Waals surface area contributed by atoms with E-state index in [0.29, 0.717) is 5.15 Å². The minimum atomic E-state index is 0. The van der Waals surface area contributed by atoms with Crippen LogP contribution in [0.3, 0.4) is 0 Å². The number of piperidine rings is 1. The van der Waals surface area contributed by atoms with E-state index in [2.05, 4.69) is 20.6 Å². The summed E-state index contributed by atoms with van der Waals surface area (Å²) in [6.07, 6.45) is 3.94. The average Bonchev–Trinajstić information content (AvgIpc) is 2.28. The SMILES string of the molecule is Cl.Clc1cc(NCC2CCNCC2)ncn1. The van der Waals surface area contributed by atoms with Gasteiger partial charge in [0.1, 0.15) is 17.3 Å². The molecular weight excluding hydrogens is 247 g/mol. The molecule has 0 amide bonds. The molecule has 1 aliphatic rings. The molecule has 0 bridgehead atoms. The van der Waals surface area contributed by atoms with E-state index in [0.717, 1.165) is 31.4 Å². The summed E-state index contributed by atoms with van der Waals surface area (Å²) in [6.45, 7) is 3.21. The Labute approximate surface area is 107 Å². The molecule has 1 aromatic rings. The van der Waals surface area contributed by atoms with E-state index in [-0.39, 0.29) is 12.4 Å². The third kappa shape index (κ3) is 4.12. The Kier molecular flexibility index (Phi) is 5.80. The number of aromatic nitrogens is 2. The predicted molar refractivity (Wildman–Crippen MR) is 68.4 cm³/mol. The van der Waals surface area contributed by atoms with Gasteiger partial charge in [0.05, 0.1) is 0 Å². The first kappa shape index (κ1) is 13.5. The van der Waals surface area contributed by atoms with Crippen molar-refractivity contribution in [3.63, 3.8) is 0 Å². The third-order valence-corrected chi connectivity index (χ3v) is 2.87. The van der Waals surface area contributed by atoms with Gasteiger partial charge in [-0.15, -0.1) is 12.4 Å². The van der Waals surface area contributed by atoms with E-state index < -0.39 is 0 Å². The van der Waals surface area contributed by atoms with Gasteiger partial charge >= 0.3 is 0 Å². The van der Waals surface area contributed by atoms with E-state index in [1.54, 1.807) is 6.07 Å². The topological polar surface area (TPSA) is 49.8 Å². The second-order valence-corrected chi connectivity index (χ2v) is 4.19. The van der Waals surface area contributed by atoms with Crippen LogP contribution in [0.2, 0.25) is 5.15 Å². The summed E-state index contributed by atoms with van der Waals surface area (Å²) in [5, 5.41) is 7.12. The number of rotatable bonds is 3. The number of anilines is 1. The van der Waals surface area contributed by atoms with Gasteiger partial charge in [0.2, 0.25) is 0 Å². The van der Waals surface area contributed by atoms with Gasteiger partial charge in [-0.2, -0.15) is 0 Å². The van der Waals surface area contributed by atoms with Crippen molar-refractivity contribution in [1.82, 2.24) is 15.3 Å². The van der Waals surface area contributed by atoms with Crippen molar-refractivity contribution in [2.24, 2.45) is 5.92 Å². The molecule has 0 aliphatic carbocycles. The van der Waals surface area contributed by atoms with E-state index in [9.17, 15) is 0 Å². The zero-order valence-corrected chi connectivity index (χ0v) is 10.5. The highest BCUT2D eigenvalue weighted by molar-refractivity contribution is 6.29. The molecule has 0 atom stereocenters. The van der Waals surface area contributed by atoms with Crippen LogP contribution in [0.5, 0.6) is 0 Å². The molecule has 4 nitrogen and oxygen atoms in total. The average molecular weight is 263 g/mol. The maximum absolute atomic E-state index is 5.77. The lowest BCUT2D eigenvalue weighted by Gasteiger charge is -2.22. The normalized spacial score (nSPS) is 16.6. The van der Waals surface area contributed by atoms with E-state index >= 15 is 0 Å². The number of nitrogens with one attached hydrogen (secondary N) is 2. The van der Waals surface area contributed by atoms with E-state index in [1.807, 2.05) is 0 Å². The molecule has 0 saturated carbocycles. The summed E-state index contributed by atoms with van der Waals surface area (Å²) in [5.74, 6) is 1.55. The monoisotopic (exact) mass is 262 g/mol. The first-order chi connectivity index (χ1) is 7.34. The Bertz CT molecular complexity index is 315. The van der Waals surface area contributed by atoms with E-state index in [4.69, 9.17) is 11.6 Å². The number of hydrogen-bond acceptors (Lipinski definition) is 4. The van der Waals surface area contributed by atoms with Gasteiger partial charge < -0.3 is 10.6 Å². The highest BCUT2D eigenvalue weighted by Crippen LogP contribution is 2.14. The van der Waals surface area contributed by atoms with Crippen LogP contribution in [-0.2, 0) is 0 Å². The minimum Gasteiger partial charge on any atom is -0.370 e. The molecule has 0 aromatic carbocycles. The van der Waals surface area contributed by atoms with Gasteiger partial charge in [-0.25, -0.2) is 9.97 Å².